The zero-order valence-electron chi connectivity index (χ0n) is 13.4. The standard InChI is InChI=1S/C17H18N4O2S/c1-11(2)23-13-7-5-12(6-8-13)18-17-19-16(22)15(20-21-17)10-14-4-3-9-24-14/h3-9,11H,10H2,1-2H3,(H2,18,19,21,22). The van der Waals surface area contributed by atoms with E-state index in [1.54, 1.807) is 11.3 Å². The topological polar surface area (TPSA) is 79.9 Å². The van der Waals surface area contributed by atoms with Crippen molar-refractivity contribution in [3.05, 3.63) is 62.7 Å². The molecule has 0 aliphatic rings. The van der Waals surface area contributed by atoms with Crippen LogP contribution in [0.4, 0.5) is 11.6 Å². The van der Waals surface area contributed by atoms with E-state index in [1.807, 2.05) is 55.6 Å². The molecule has 0 amide bonds. The second-order valence-corrected chi connectivity index (χ2v) is 6.55. The minimum atomic E-state index is -0.235. The highest BCUT2D eigenvalue weighted by Gasteiger charge is 2.07. The van der Waals surface area contributed by atoms with Gasteiger partial charge in [0.1, 0.15) is 11.4 Å². The van der Waals surface area contributed by atoms with Crippen molar-refractivity contribution in [1.82, 2.24) is 15.2 Å². The van der Waals surface area contributed by atoms with Crippen LogP contribution in [0.3, 0.4) is 0 Å². The predicted octanol–water partition coefficient (Wildman–Crippen LogP) is 3.35. The Kier molecular flexibility index (Phi) is 4.90. The summed E-state index contributed by atoms with van der Waals surface area (Å²) in [5, 5.41) is 13.1. The van der Waals surface area contributed by atoms with Crippen molar-refractivity contribution in [3.8, 4) is 5.75 Å². The highest BCUT2D eigenvalue weighted by Crippen LogP contribution is 2.18. The van der Waals surface area contributed by atoms with E-state index in [0.717, 1.165) is 16.3 Å². The molecule has 0 spiro atoms. The average Bonchev–Trinajstić information content (AvgIpc) is 3.04. The quantitative estimate of drug-likeness (QED) is 0.718. The third-order valence-electron chi connectivity index (χ3n) is 3.18. The number of aromatic nitrogens is 3. The maximum absolute atomic E-state index is 12.1. The van der Waals surface area contributed by atoms with Gasteiger partial charge in [0.2, 0.25) is 5.95 Å². The number of nitrogens with zero attached hydrogens (tertiary/aromatic N) is 2. The monoisotopic (exact) mass is 342 g/mol. The molecule has 0 fully saturated rings. The molecule has 7 heteroatoms. The van der Waals surface area contributed by atoms with Gasteiger partial charge in [0.15, 0.2) is 0 Å². The fourth-order valence-corrected chi connectivity index (χ4v) is 2.85. The van der Waals surface area contributed by atoms with Gasteiger partial charge in [-0.3, -0.25) is 9.78 Å². The third kappa shape index (κ3) is 4.20. The second kappa shape index (κ2) is 7.27. The van der Waals surface area contributed by atoms with Crippen LogP contribution in [-0.2, 0) is 6.42 Å². The van der Waals surface area contributed by atoms with E-state index < -0.39 is 0 Å². The minimum absolute atomic E-state index is 0.127. The zero-order valence-corrected chi connectivity index (χ0v) is 14.3. The van der Waals surface area contributed by atoms with Crippen LogP contribution < -0.4 is 15.6 Å². The fourth-order valence-electron chi connectivity index (χ4n) is 2.14. The van der Waals surface area contributed by atoms with Gasteiger partial charge in [0.05, 0.1) is 6.10 Å². The van der Waals surface area contributed by atoms with Crippen LogP contribution in [0.2, 0.25) is 0 Å². The molecule has 6 nitrogen and oxygen atoms in total. The van der Waals surface area contributed by atoms with E-state index in [1.165, 1.54) is 0 Å². The highest BCUT2D eigenvalue weighted by molar-refractivity contribution is 7.09. The summed E-state index contributed by atoms with van der Waals surface area (Å²) in [6.45, 7) is 3.95. The van der Waals surface area contributed by atoms with Crippen molar-refractivity contribution in [2.45, 2.75) is 26.4 Å². The maximum atomic E-state index is 12.1. The average molecular weight is 342 g/mol. The molecule has 24 heavy (non-hydrogen) atoms. The summed E-state index contributed by atoms with van der Waals surface area (Å²) >= 11 is 1.59. The maximum Gasteiger partial charge on any atom is 0.274 e. The fraction of sp³-hybridized carbons (Fsp3) is 0.235. The molecule has 0 saturated carbocycles. The minimum Gasteiger partial charge on any atom is -0.491 e. The summed E-state index contributed by atoms with van der Waals surface area (Å²) in [4.78, 5) is 15.9. The molecule has 0 atom stereocenters. The Hall–Kier alpha value is -2.67. The lowest BCUT2D eigenvalue weighted by Gasteiger charge is -2.10. The number of H-pyrrole nitrogens is 1. The number of anilines is 2. The number of rotatable bonds is 6. The molecule has 3 rings (SSSR count). The summed E-state index contributed by atoms with van der Waals surface area (Å²) in [5.41, 5.74) is 0.964. The summed E-state index contributed by atoms with van der Waals surface area (Å²) in [7, 11) is 0. The lowest BCUT2D eigenvalue weighted by molar-refractivity contribution is 0.242. The molecule has 2 aromatic heterocycles. The third-order valence-corrected chi connectivity index (χ3v) is 4.05. The predicted molar refractivity (Wildman–Crippen MR) is 95.3 cm³/mol. The SMILES string of the molecule is CC(C)Oc1ccc(Nc2nnc(Cc3cccs3)c(=O)[nH]2)cc1. The summed E-state index contributed by atoms with van der Waals surface area (Å²) in [6.07, 6.45) is 0.614. The van der Waals surface area contributed by atoms with Gasteiger partial charge in [-0.25, -0.2) is 0 Å². The molecule has 2 heterocycles. The Balaban J connectivity index is 1.69. The van der Waals surface area contributed by atoms with Gasteiger partial charge in [-0.15, -0.1) is 21.5 Å². The number of nitrogens with one attached hydrogen (secondary N) is 2. The number of benzene rings is 1. The largest absolute Gasteiger partial charge is 0.491 e. The zero-order chi connectivity index (χ0) is 16.9. The van der Waals surface area contributed by atoms with E-state index in [2.05, 4.69) is 20.5 Å². The molecule has 0 unspecified atom stereocenters. The second-order valence-electron chi connectivity index (χ2n) is 5.52. The smallest absolute Gasteiger partial charge is 0.274 e. The van der Waals surface area contributed by atoms with Crippen LogP contribution in [0.15, 0.2) is 46.6 Å². The normalized spacial score (nSPS) is 10.8. The van der Waals surface area contributed by atoms with Crippen molar-refractivity contribution >= 4 is 23.0 Å². The Morgan fingerprint density at radius 3 is 2.62 bits per heavy atom. The highest BCUT2D eigenvalue weighted by atomic mass is 32.1. The van der Waals surface area contributed by atoms with Crippen molar-refractivity contribution in [1.29, 1.82) is 0 Å². The van der Waals surface area contributed by atoms with E-state index >= 15 is 0 Å². The van der Waals surface area contributed by atoms with Crippen molar-refractivity contribution < 1.29 is 4.74 Å². The number of ether oxygens (including phenoxy) is 1. The van der Waals surface area contributed by atoms with Gasteiger partial charge < -0.3 is 10.1 Å². The van der Waals surface area contributed by atoms with Crippen LogP contribution in [-0.4, -0.2) is 21.3 Å². The van der Waals surface area contributed by atoms with Gasteiger partial charge in [-0.1, -0.05) is 6.07 Å². The van der Waals surface area contributed by atoms with E-state index in [0.29, 0.717) is 18.1 Å². The number of thiophene rings is 1. The Bertz CT molecular complexity index is 842. The number of hydrogen-bond donors (Lipinski definition) is 2. The Morgan fingerprint density at radius 1 is 1.21 bits per heavy atom. The molecule has 0 aliphatic carbocycles. The van der Waals surface area contributed by atoms with Gasteiger partial charge in [0.25, 0.3) is 5.56 Å². The number of hydrogen-bond acceptors (Lipinski definition) is 6. The first kappa shape index (κ1) is 16.2. The lowest BCUT2D eigenvalue weighted by Crippen LogP contribution is -2.18. The summed E-state index contributed by atoms with van der Waals surface area (Å²) in [6, 6.07) is 11.4. The van der Waals surface area contributed by atoms with Crippen LogP contribution in [0.1, 0.15) is 24.4 Å². The van der Waals surface area contributed by atoms with Crippen LogP contribution in [0.25, 0.3) is 0 Å². The molecule has 0 bridgehead atoms. The van der Waals surface area contributed by atoms with Crippen molar-refractivity contribution in [2.75, 3.05) is 5.32 Å². The first-order valence-electron chi connectivity index (χ1n) is 7.62. The molecule has 0 radical (unpaired) electrons. The lowest BCUT2D eigenvalue weighted by atomic mass is 10.3. The van der Waals surface area contributed by atoms with Crippen LogP contribution in [0, 0.1) is 0 Å². The Labute approximate surface area is 143 Å². The van der Waals surface area contributed by atoms with Gasteiger partial charge in [0, 0.05) is 17.0 Å². The molecule has 0 saturated heterocycles. The molecule has 0 aliphatic heterocycles. The Morgan fingerprint density at radius 2 is 2.00 bits per heavy atom. The molecular weight excluding hydrogens is 324 g/mol. The first-order valence-corrected chi connectivity index (χ1v) is 8.50. The van der Waals surface area contributed by atoms with Gasteiger partial charge in [-0.2, -0.15) is 0 Å². The summed E-state index contributed by atoms with van der Waals surface area (Å²) < 4.78 is 5.59. The molecule has 1 aromatic carbocycles. The van der Waals surface area contributed by atoms with Crippen molar-refractivity contribution in [2.24, 2.45) is 0 Å². The van der Waals surface area contributed by atoms with Gasteiger partial charge >= 0.3 is 0 Å². The molecule has 2 N–H and O–H groups in total. The van der Waals surface area contributed by atoms with E-state index in [9.17, 15) is 4.79 Å². The number of aromatic amines is 1. The van der Waals surface area contributed by atoms with Crippen LogP contribution in [0.5, 0.6) is 5.75 Å². The van der Waals surface area contributed by atoms with E-state index in [4.69, 9.17) is 4.74 Å². The molecule has 3 aromatic rings. The molecular formula is C17H18N4O2S. The van der Waals surface area contributed by atoms with E-state index in [-0.39, 0.29) is 11.7 Å². The van der Waals surface area contributed by atoms with Gasteiger partial charge in [-0.05, 0) is 49.6 Å². The van der Waals surface area contributed by atoms with Crippen molar-refractivity contribution in [3.63, 3.8) is 0 Å². The summed E-state index contributed by atoms with van der Waals surface area (Å²) in [5.74, 6) is 1.11. The molecule has 124 valence electrons. The first-order chi connectivity index (χ1) is 11.6. The van der Waals surface area contributed by atoms with Crippen LogP contribution >= 0.6 is 11.3 Å².